The molecular weight excluding hydrogens is 270 g/mol. The molecule has 112 valence electrons. The maximum atomic E-state index is 6.28. The standard InChI is InChI=1S/C17H26ClNO/c1-4-17(5-2,12-19-6-3)11-14-10-15(18)9-13-7-8-20-16(13)14/h9-10,19H,4-8,11-12H2,1-3H3. The number of hydrogen-bond acceptors (Lipinski definition) is 2. The summed E-state index contributed by atoms with van der Waals surface area (Å²) in [5.41, 5.74) is 2.85. The summed E-state index contributed by atoms with van der Waals surface area (Å²) in [7, 11) is 0. The molecule has 0 aliphatic carbocycles. The number of hydrogen-bond donors (Lipinski definition) is 1. The topological polar surface area (TPSA) is 21.3 Å². The molecule has 1 aliphatic heterocycles. The molecule has 20 heavy (non-hydrogen) atoms. The summed E-state index contributed by atoms with van der Waals surface area (Å²) in [4.78, 5) is 0. The molecule has 2 nitrogen and oxygen atoms in total. The van der Waals surface area contributed by atoms with Gasteiger partial charge in [-0.25, -0.2) is 0 Å². The Hall–Kier alpha value is -0.730. The highest BCUT2D eigenvalue weighted by molar-refractivity contribution is 6.30. The SMILES string of the molecule is CCNCC(CC)(CC)Cc1cc(Cl)cc2c1OCC2. The van der Waals surface area contributed by atoms with Crippen LogP contribution in [0.15, 0.2) is 12.1 Å². The lowest BCUT2D eigenvalue weighted by Crippen LogP contribution is -2.35. The van der Waals surface area contributed by atoms with Gasteiger partial charge in [-0.15, -0.1) is 0 Å². The van der Waals surface area contributed by atoms with Gasteiger partial charge >= 0.3 is 0 Å². The first-order valence-electron chi connectivity index (χ1n) is 7.79. The van der Waals surface area contributed by atoms with Gasteiger partial charge in [0.15, 0.2) is 0 Å². The molecule has 0 amide bonds. The van der Waals surface area contributed by atoms with E-state index in [1.165, 1.54) is 11.1 Å². The van der Waals surface area contributed by atoms with Gasteiger partial charge in [-0.05, 0) is 54.5 Å². The van der Waals surface area contributed by atoms with E-state index in [-0.39, 0.29) is 0 Å². The van der Waals surface area contributed by atoms with Gasteiger partial charge in [0, 0.05) is 18.0 Å². The van der Waals surface area contributed by atoms with Gasteiger partial charge < -0.3 is 10.1 Å². The predicted octanol–water partition coefficient (Wildman–Crippen LogP) is 4.23. The first-order valence-corrected chi connectivity index (χ1v) is 8.16. The van der Waals surface area contributed by atoms with Crippen LogP contribution in [0.3, 0.4) is 0 Å². The number of benzene rings is 1. The van der Waals surface area contributed by atoms with Crippen LogP contribution in [0.25, 0.3) is 0 Å². The van der Waals surface area contributed by atoms with Crippen LogP contribution in [0, 0.1) is 5.41 Å². The highest BCUT2D eigenvalue weighted by atomic mass is 35.5. The molecule has 0 bridgehead atoms. The van der Waals surface area contributed by atoms with Crippen molar-refractivity contribution in [1.29, 1.82) is 0 Å². The molecule has 0 radical (unpaired) electrons. The zero-order chi connectivity index (χ0) is 14.6. The number of ether oxygens (including phenoxy) is 1. The van der Waals surface area contributed by atoms with Gasteiger partial charge in [0.05, 0.1) is 6.61 Å². The van der Waals surface area contributed by atoms with E-state index in [4.69, 9.17) is 16.3 Å². The summed E-state index contributed by atoms with van der Waals surface area (Å²) in [5, 5.41) is 4.36. The number of rotatable bonds is 7. The van der Waals surface area contributed by atoms with Crippen molar-refractivity contribution in [3.05, 3.63) is 28.3 Å². The molecule has 3 heteroatoms. The molecule has 1 N–H and O–H groups in total. The fourth-order valence-corrected chi connectivity index (χ4v) is 3.35. The van der Waals surface area contributed by atoms with E-state index >= 15 is 0 Å². The van der Waals surface area contributed by atoms with Crippen molar-refractivity contribution in [1.82, 2.24) is 5.32 Å². The summed E-state index contributed by atoms with van der Waals surface area (Å²) in [6.45, 7) is 9.60. The van der Waals surface area contributed by atoms with Crippen molar-refractivity contribution in [2.24, 2.45) is 5.41 Å². The van der Waals surface area contributed by atoms with E-state index in [0.29, 0.717) is 5.41 Å². The summed E-state index contributed by atoms with van der Waals surface area (Å²) < 4.78 is 5.84. The molecule has 0 fully saturated rings. The first kappa shape index (κ1) is 15.7. The Morgan fingerprint density at radius 1 is 1.25 bits per heavy atom. The summed E-state index contributed by atoms with van der Waals surface area (Å²) in [5.74, 6) is 1.09. The molecule has 2 rings (SSSR count). The Labute approximate surface area is 127 Å². The average molecular weight is 296 g/mol. The van der Waals surface area contributed by atoms with Crippen LogP contribution in [0.2, 0.25) is 5.02 Å². The lowest BCUT2D eigenvalue weighted by Gasteiger charge is -2.32. The average Bonchev–Trinajstić information content (AvgIpc) is 2.91. The normalized spacial score (nSPS) is 14.2. The molecule has 0 atom stereocenters. The molecule has 0 saturated carbocycles. The lowest BCUT2D eigenvalue weighted by molar-refractivity contribution is 0.244. The van der Waals surface area contributed by atoms with Crippen molar-refractivity contribution >= 4 is 11.6 Å². The molecule has 0 unspecified atom stereocenters. The monoisotopic (exact) mass is 295 g/mol. The summed E-state index contributed by atoms with van der Waals surface area (Å²) >= 11 is 6.28. The Bertz CT molecular complexity index is 455. The van der Waals surface area contributed by atoms with Crippen LogP contribution < -0.4 is 10.1 Å². The highest BCUT2D eigenvalue weighted by Gasteiger charge is 2.29. The molecule has 1 aromatic rings. The van der Waals surface area contributed by atoms with Gasteiger partial charge in [-0.2, -0.15) is 0 Å². The third-order valence-electron chi connectivity index (χ3n) is 4.64. The van der Waals surface area contributed by atoms with E-state index in [2.05, 4.69) is 38.2 Å². The Balaban J connectivity index is 2.27. The number of halogens is 1. The third-order valence-corrected chi connectivity index (χ3v) is 4.86. The van der Waals surface area contributed by atoms with Crippen LogP contribution in [-0.2, 0) is 12.8 Å². The molecular formula is C17H26ClNO. The van der Waals surface area contributed by atoms with Crippen molar-refractivity contribution < 1.29 is 4.74 Å². The fourth-order valence-electron chi connectivity index (χ4n) is 3.08. The van der Waals surface area contributed by atoms with Crippen LogP contribution in [0.1, 0.15) is 44.7 Å². The van der Waals surface area contributed by atoms with Crippen molar-refractivity contribution in [2.45, 2.75) is 46.5 Å². The molecule has 0 aromatic heterocycles. The van der Waals surface area contributed by atoms with Crippen molar-refractivity contribution in [2.75, 3.05) is 19.7 Å². The second kappa shape index (κ2) is 6.82. The third kappa shape index (κ3) is 3.29. The van der Waals surface area contributed by atoms with E-state index in [9.17, 15) is 0 Å². The van der Waals surface area contributed by atoms with Gasteiger partial charge in [0.1, 0.15) is 5.75 Å². The fraction of sp³-hybridized carbons (Fsp3) is 0.647. The minimum absolute atomic E-state index is 0.292. The van der Waals surface area contributed by atoms with E-state index in [1.54, 1.807) is 0 Å². The van der Waals surface area contributed by atoms with Crippen molar-refractivity contribution in [3.63, 3.8) is 0 Å². The largest absolute Gasteiger partial charge is 0.493 e. The molecule has 0 saturated heterocycles. The predicted molar refractivity (Wildman–Crippen MR) is 85.9 cm³/mol. The highest BCUT2D eigenvalue weighted by Crippen LogP contribution is 2.39. The van der Waals surface area contributed by atoms with E-state index in [1.807, 2.05) is 0 Å². The zero-order valence-electron chi connectivity index (χ0n) is 12.9. The first-order chi connectivity index (χ1) is 9.64. The maximum Gasteiger partial charge on any atom is 0.125 e. The number of fused-ring (bicyclic) bond motifs is 1. The van der Waals surface area contributed by atoms with Crippen LogP contribution in [0.4, 0.5) is 0 Å². The molecule has 1 heterocycles. The quantitative estimate of drug-likeness (QED) is 0.812. The Morgan fingerprint density at radius 3 is 2.65 bits per heavy atom. The number of nitrogens with one attached hydrogen (secondary N) is 1. The second-order valence-electron chi connectivity index (χ2n) is 5.82. The van der Waals surface area contributed by atoms with Crippen LogP contribution >= 0.6 is 11.6 Å². The van der Waals surface area contributed by atoms with Gasteiger partial charge in [0.25, 0.3) is 0 Å². The Kier molecular flexibility index (Phi) is 5.34. The second-order valence-corrected chi connectivity index (χ2v) is 6.25. The zero-order valence-corrected chi connectivity index (χ0v) is 13.6. The van der Waals surface area contributed by atoms with Crippen LogP contribution in [0.5, 0.6) is 5.75 Å². The minimum Gasteiger partial charge on any atom is -0.493 e. The van der Waals surface area contributed by atoms with E-state index < -0.39 is 0 Å². The minimum atomic E-state index is 0.292. The Morgan fingerprint density at radius 2 is 2.00 bits per heavy atom. The molecule has 1 aromatic carbocycles. The van der Waals surface area contributed by atoms with Gasteiger partial charge in [-0.3, -0.25) is 0 Å². The molecule has 0 spiro atoms. The van der Waals surface area contributed by atoms with Crippen molar-refractivity contribution in [3.8, 4) is 5.75 Å². The maximum absolute atomic E-state index is 6.28. The summed E-state index contributed by atoms with van der Waals surface area (Å²) in [6, 6.07) is 4.15. The smallest absolute Gasteiger partial charge is 0.125 e. The van der Waals surface area contributed by atoms with Crippen LogP contribution in [-0.4, -0.2) is 19.7 Å². The van der Waals surface area contributed by atoms with Gasteiger partial charge in [-0.1, -0.05) is 32.4 Å². The van der Waals surface area contributed by atoms with Gasteiger partial charge in [0.2, 0.25) is 0 Å². The lowest BCUT2D eigenvalue weighted by atomic mass is 9.76. The molecule has 1 aliphatic rings. The van der Waals surface area contributed by atoms with E-state index in [0.717, 1.165) is 56.2 Å². The summed E-state index contributed by atoms with van der Waals surface area (Å²) in [6.07, 6.45) is 4.35.